The molecule has 1 heterocycles. The van der Waals surface area contributed by atoms with Gasteiger partial charge < -0.3 is 10.1 Å². The Morgan fingerprint density at radius 2 is 1.55 bits per heavy atom. The summed E-state index contributed by atoms with van der Waals surface area (Å²) < 4.78 is 31.4. The molecule has 0 atom stereocenters. The van der Waals surface area contributed by atoms with E-state index in [0.29, 0.717) is 5.75 Å². The van der Waals surface area contributed by atoms with Gasteiger partial charge in [-0.25, -0.2) is 8.42 Å². The highest BCUT2D eigenvalue weighted by molar-refractivity contribution is 7.91. The Hall–Kier alpha value is -3.45. The van der Waals surface area contributed by atoms with E-state index in [1.807, 2.05) is 30.3 Å². The topological polar surface area (TPSA) is 89.5 Å². The van der Waals surface area contributed by atoms with Crippen LogP contribution in [0.5, 0.6) is 5.75 Å². The summed E-state index contributed by atoms with van der Waals surface area (Å²) in [5.41, 5.74) is 0.391. The van der Waals surface area contributed by atoms with Crippen molar-refractivity contribution < 1.29 is 22.7 Å². The van der Waals surface area contributed by atoms with Crippen molar-refractivity contribution in [2.45, 2.75) is 9.79 Å². The number of hydrogen-bond acceptors (Lipinski definition) is 5. The fourth-order valence-electron chi connectivity index (χ4n) is 3.18. The number of ether oxygens (including phenoxy) is 1. The molecule has 29 heavy (non-hydrogen) atoms. The van der Waals surface area contributed by atoms with Crippen LogP contribution in [0.2, 0.25) is 0 Å². The zero-order chi connectivity index (χ0) is 20.4. The number of carbonyl (C=O) groups is 2. The van der Waals surface area contributed by atoms with Gasteiger partial charge in [-0.05, 0) is 42.5 Å². The molecule has 4 rings (SSSR count). The van der Waals surface area contributed by atoms with Gasteiger partial charge in [0.15, 0.2) is 5.78 Å². The summed E-state index contributed by atoms with van der Waals surface area (Å²) >= 11 is 0. The quantitative estimate of drug-likeness (QED) is 0.514. The normalized spacial score (nSPS) is 13.9. The van der Waals surface area contributed by atoms with Crippen LogP contribution in [0, 0.1) is 0 Å². The van der Waals surface area contributed by atoms with Crippen molar-refractivity contribution in [3.05, 3.63) is 89.5 Å². The zero-order valence-electron chi connectivity index (χ0n) is 15.3. The van der Waals surface area contributed by atoms with E-state index < -0.39 is 15.7 Å². The minimum Gasteiger partial charge on any atom is -0.492 e. The van der Waals surface area contributed by atoms with Gasteiger partial charge in [-0.2, -0.15) is 0 Å². The van der Waals surface area contributed by atoms with Crippen molar-refractivity contribution in [3.8, 4) is 5.75 Å². The third-order valence-electron chi connectivity index (χ3n) is 4.60. The Labute approximate surface area is 168 Å². The number of nitrogens with one attached hydrogen (secondary N) is 1. The molecular weight excluding hydrogens is 390 g/mol. The second-order valence-electron chi connectivity index (χ2n) is 6.46. The Morgan fingerprint density at radius 1 is 0.862 bits per heavy atom. The number of hydrogen-bond donors (Lipinski definition) is 1. The molecule has 1 aliphatic rings. The highest BCUT2D eigenvalue weighted by Gasteiger charge is 2.34. The largest absolute Gasteiger partial charge is 0.492 e. The van der Waals surface area contributed by atoms with E-state index in [9.17, 15) is 18.0 Å². The zero-order valence-corrected chi connectivity index (χ0v) is 16.1. The predicted molar refractivity (Wildman–Crippen MR) is 106 cm³/mol. The van der Waals surface area contributed by atoms with Crippen LogP contribution in [-0.4, -0.2) is 33.3 Å². The Kier molecular flexibility index (Phi) is 4.90. The second kappa shape index (κ2) is 7.52. The molecule has 1 aliphatic heterocycles. The van der Waals surface area contributed by atoms with Crippen LogP contribution in [-0.2, 0) is 9.84 Å². The molecule has 146 valence electrons. The average Bonchev–Trinajstić information content (AvgIpc) is 2.75. The number of carbonyl (C=O) groups excluding carboxylic acids is 2. The molecule has 0 aliphatic carbocycles. The van der Waals surface area contributed by atoms with E-state index in [0.717, 1.165) is 0 Å². The van der Waals surface area contributed by atoms with Crippen molar-refractivity contribution in [1.82, 2.24) is 5.32 Å². The molecule has 6 nitrogen and oxygen atoms in total. The lowest BCUT2D eigenvalue weighted by atomic mass is 10.0. The molecule has 0 unspecified atom stereocenters. The monoisotopic (exact) mass is 407 g/mol. The Balaban J connectivity index is 1.51. The number of amides is 1. The molecule has 0 saturated heterocycles. The van der Waals surface area contributed by atoms with E-state index in [1.54, 1.807) is 12.1 Å². The number of benzene rings is 3. The molecule has 3 aromatic rings. The summed E-state index contributed by atoms with van der Waals surface area (Å²) in [6, 6.07) is 19.4. The number of para-hydroxylation sites is 1. The second-order valence-corrected chi connectivity index (χ2v) is 8.34. The molecule has 0 bridgehead atoms. The van der Waals surface area contributed by atoms with Gasteiger partial charge in [0.25, 0.3) is 5.91 Å². The van der Waals surface area contributed by atoms with Gasteiger partial charge in [0, 0.05) is 16.7 Å². The van der Waals surface area contributed by atoms with Crippen LogP contribution < -0.4 is 10.1 Å². The summed E-state index contributed by atoms with van der Waals surface area (Å²) in [7, 11) is -3.88. The number of sulfone groups is 1. The third-order valence-corrected chi connectivity index (χ3v) is 6.45. The fraction of sp³-hybridized carbons (Fsp3) is 0.0909. The molecule has 0 saturated carbocycles. The molecule has 0 spiro atoms. The average molecular weight is 407 g/mol. The van der Waals surface area contributed by atoms with E-state index in [4.69, 9.17) is 4.74 Å². The van der Waals surface area contributed by atoms with E-state index in [2.05, 4.69) is 5.32 Å². The van der Waals surface area contributed by atoms with Crippen LogP contribution >= 0.6 is 0 Å². The van der Waals surface area contributed by atoms with Crippen LogP contribution in [0.25, 0.3) is 0 Å². The Morgan fingerprint density at radius 3 is 2.34 bits per heavy atom. The first-order valence-electron chi connectivity index (χ1n) is 8.97. The first kappa shape index (κ1) is 18.9. The van der Waals surface area contributed by atoms with Gasteiger partial charge in [0.1, 0.15) is 12.4 Å². The summed E-state index contributed by atoms with van der Waals surface area (Å²) in [6.07, 6.45) is 0. The molecule has 1 amide bonds. The summed E-state index contributed by atoms with van der Waals surface area (Å²) in [5, 5.41) is 2.69. The van der Waals surface area contributed by atoms with Crippen molar-refractivity contribution in [2.75, 3.05) is 13.2 Å². The maximum atomic E-state index is 12.9. The van der Waals surface area contributed by atoms with Crippen molar-refractivity contribution in [1.29, 1.82) is 0 Å². The van der Waals surface area contributed by atoms with Gasteiger partial charge in [-0.3, -0.25) is 9.59 Å². The van der Waals surface area contributed by atoms with Gasteiger partial charge in [-0.15, -0.1) is 0 Å². The smallest absolute Gasteiger partial charge is 0.251 e. The van der Waals surface area contributed by atoms with Crippen LogP contribution in [0.3, 0.4) is 0 Å². The van der Waals surface area contributed by atoms with Gasteiger partial charge >= 0.3 is 0 Å². The van der Waals surface area contributed by atoms with Crippen LogP contribution in [0.4, 0.5) is 0 Å². The lowest BCUT2D eigenvalue weighted by Crippen LogP contribution is -2.29. The van der Waals surface area contributed by atoms with E-state index in [1.165, 1.54) is 30.3 Å². The molecule has 0 fully saturated rings. The lowest BCUT2D eigenvalue weighted by molar-refractivity contribution is 0.0945. The number of rotatable bonds is 5. The van der Waals surface area contributed by atoms with Crippen molar-refractivity contribution in [2.24, 2.45) is 0 Å². The molecule has 0 radical (unpaired) electrons. The SMILES string of the molecule is O=C(NCCOc1ccccc1)c1ccc2c(c1)S(=O)(=O)c1ccccc1C2=O. The Bertz CT molecular complexity index is 1200. The lowest BCUT2D eigenvalue weighted by Gasteiger charge is -2.19. The molecule has 7 heteroatoms. The van der Waals surface area contributed by atoms with Gasteiger partial charge in [-0.1, -0.05) is 30.3 Å². The molecule has 1 N–H and O–H groups in total. The highest BCUT2D eigenvalue weighted by Crippen LogP contribution is 2.34. The summed E-state index contributed by atoms with van der Waals surface area (Å²) in [4.78, 5) is 24.9. The number of ketones is 1. The van der Waals surface area contributed by atoms with Gasteiger partial charge in [0.2, 0.25) is 9.84 Å². The van der Waals surface area contributed by atoms with Gasteiger partial charge in [0.05, 0.1) is 16.3 Å². The maximum absolute atomic E-state index is 12.9. The maximum Gasteiger partial charge on any atom is 0.251 e. The van der Waals surface area contributed by atoms with Crippen LogP contribution in [0.15, 0.2) is 82.6 Å². The predicted octanol–water partition coefficient (Wildman–Crippen LogP) is 2.87. The third kappa shape index (κ3) is 3.52. The van der Waals surface area contributed by atoms with Crippen molar-refractivity contribution in [3.63, 3.8) is 0 Å². The van der Waals surface area contributed by atoms with E-state index >= 15 is 0 Å². The van der Waals surface area contributed by atoms with Crippen LogP contribution in [0.1, 0.15) is 26.3 Å². The van der Waals surface area contributed by atoms with E-state index in [-0.39, 0.29) is 45.4 Å². The summed E-state index contributed by atoms with van der Waals surface area (Å²) in [6.45, 7) is 0.518. The molecule has 0 aromatic heterocycles. The highest BCUT2D eigenvalue weighted by atomic mass is 32.2. The fourth-order valence-corrected chi connectivity index (χ4v) is 4.86. The minimum absolute atomic E-state index is 0.0358. The molecule has 3 aromatic carbocycles. The summed E-state index contributed by atoms with van der Waals surface area (Å²) in [5.74, 6) is -0.113. The minimum atomic E-state index is -3.88. The standard InChI is InChI=1S/C22H17NO5S/c24-21-17-8-4-5-9-19(17)29(26,27)20-14-15(10-11-18(20)21)22(25)23-12-13-28-16-6-2-1-3-7-16/h1-11,14H,12-13H2,(H,23,25). The first-order chi connectivity index (χ1) is 14.0. The first-order valence-corrected chi connectivity index (χ1v) is 10.5. The molecular formula is C22H17NO5S. The van der Waals surface area contributed by atoms with Crippen molar-refractivity contribution >= 4 is 21.5 Å². The number of fused-ring (bicyclic) bond motifs is 2.